The lowest BCUT2D eigenvalue weighted by molar-refractivity contribution is -0.151. The summed E-state index contributed by atoms with van der Waals surface area (Å²) in [5, 5.41) is 10.1. The highest BCUT2D eigenvalue weighted by molar-refractivity contribution is 5.99. The van der Waals surface area contributed by atoms with Crippen molar-refractivity contribution < 1.29 is 19.4 Å². The summed E-state index contributed by atoms with van der Waals surface area (Å²) >= 11 is 0. The monoisotopic (exact) mass is 304 g/mol. The fraction of sp³-hybridized carbons (Fsp3) is 0.444. The Kier molecular flexibility index (Phi) is 6.99. The Labute approximate surface area is 131 Å². The molecule has 0 aliphatic heterocycles. The second kappa shape index (κ2) is 8.49. The Balaban J connectivity index is 2.42. The van der Waals surface area contributed by atoms with Gasteiger partial charge in [0.1, 0.15) is 18.6 Å². The lowest BCUT2D eigenvalue weighted by Gasteiger charge is -2.20. The van der Waals surface area contributed by atoms with E-state index < -0.39 is 23.8 Å². The van der Waals surface area contributed by atoms with Crippen molar-refractivity contribution in [2.75, 3.05) is 0 Å². The van der Waals surface area contributed by atoms with Crippen LogP contribution in [0.15, 0.2) is 42.0 Å². The van der Waals surface area contributed by atoms with Gasteiger partial charge in [-0.15, -0.1) is 0 Å². The van der Waals surface area contributed by atoms with Crippen molar-refractivity contribution in [3.8, 4) is 0 Å². The van der Waals surface area contributed by atoms with E-state index in [1.54, 1.807) is 0 Å². The first-order valence-corrected chi connectivity index (χ1v) is 7.40. The minimum atomic E-state index is -1.50. The predicted molar refractivity (Wildman–Crippen MR) is 85.2 cm³/mol. The quantitative estimate of drug-likeness (QED) is 0.455. The number of hydrogen-bond acceptors (Lipinski definition) is 4. The molecule has 0 saturated carbocycles. The van der Waals surface area contributed by atoms with Gasteiger partial charge in [-0.2, -0.15) is 0 Å². The topological polar surface area (TPSA) is 63.6 Å². The molecule has 1 aromatic rings. The molecule has 22 heavy (non-hydrogen) atoms. The van der Waals surface area contributed by atoms with Crippen LogP contribution in [-0.4, -0.2) is 22.5 Å². The maximum atomic E-state index is 12.0. The first-order chi connectivity index (χ1) is 10.3. The normalized spacial score (nSPS) is 13.1. The smallest absolute Gasteiger partial charge is 0.313 e. The van der Waals surface area contributed by atoms with E-state index in [9.17, 15) is 14.7 Å². The zero-order chi connectivity index (χ0) is 16.6. The highest BCUT2D eigenvalue weighted by Crippen LogP contribution is 2.17. The van der Waals surface area contributed by atoms with Crippen molar-refractivity contribution in [2.45, 2.75) is 52.2 Å². The summed E-state index contributed by atoms with van der Waals surface area (Å²) in [6, 6.07) is 9.25. The van der Waals surface area contributed by atoms with Crippen LogP contribution in [-0.2, 0) is 20.9 Å². The molecular formula is C18H24O4. The van der Waals surface area contributed by atoms with Crippen LogP contribution in [0, 0.1) is 0 Å². The molecule has 1 atom stereocenters. The lowest BCUT2D eigenvalue weighted by Crippen LogP contribution is -2.36. The maximum absolute atomic E-state index is 12.0. The van der Waals surface area contributed by atoms with E-state index in [1.165, 1.54) is 6.92 Å². The van der Waals surface area contributed by atoms with Crippen molar-refractivity contribution in [3.05, 3.63) is 47.5 Å². The van der Waals surface area contributed by atoms with Gasteiger partial charge in [-0.1, -0.05) is 42.0 Å². The van der Waals surface area contributed by atoms with Crippen LogP contribution in [0.4, 0.5) is 0 Å². The fourth-order valence-corrected chi connectivity index (χ4v) is 1.89. The number of allylic oxidation sites excluding steroid dienone is 2. The Morgan fingerprint density at radius 1 is 1.23 bits per heavy atom. The maximum Gasteiger partial charge on any atom is 0.313 e. The number of ether oxygens (including phenoxy) is 1. The van der Waals surface area contributed by atoms with Gasteiger partial charge in [-0.3, -0.25) is 9.59 Å². The Morgan fingerprint density at radius 2 is 1.86 bits per heavy atom. The number of rotatable bonds is 8. The summed E-state index contributed by atoms with van der Waals surface area (Å²) in [6.45, 7) is 5.49. The molecule has 0 saturated heterocycles. The Bertz CT molecular complexity index is 525. The average Bonchev–Trinajstić information content (AvgIpc) is 2.45. The number of esters is 1. The number of carbonyl (C=O) groups excluding carboxylic acids is 2. The van der Waals surface area contributed by atoms with Crippen LogP contribution in [0.3, 0.4) is 0 Å². The second-order valence-corrected chi connectivity index (χ2v) is 5.84. The zero-order valence-electron chi connectivity index (χ0n) is 13.5. The summed E-state index contributed by atoms with van der Waals surface area (Å²) in [5.74, 6) is -1.12. The first kappa shape index (κ1) is 18.1. The highest BCUT2D eigenvalue weighted by atomic mass is 16.5. The third kappa shape index (κ3) is 6.68. The number of benzene rings is 1. The molecule has 0 aliphatic rings. The van der Waals surface area contributed by atoms with Crippen LogP contribution in [0.25, 0.3) is 0 Å². The summed E-state index contributed by atoms with van der Waals surface area (Å²) in [7, 11) is 0. The van der Waals surface area contributed by atoms with Crippen molar-refractivity contribution in [1.29, 1.82) is 0 Å². The van der Waals surface area contributed by atoms with E-state index in [0.29, 0.717) is 12.8 Å². The fourth-order valence-electron chi connectivity index (χ4n) is 1.89. The van der Waals surface area contributed by atoms with Crippen molar-refractivity contribution in [2.24, 2.45) is 0 Å². The summed E-state index contributed by atoms with van der Waals surface area (Å²) in [4.78, 5) is 23.7. The molecule has 0 radical (unpaired) electrons. The van der Waals surface area contributed by atoms with E-state index in [0.717, 1.165) is 11.1 Å². The molecule has 0 aromatic heterocycles. The van der Waals surface area contributed by atoms with E-state index in [1.807, 2.05) is 50.3 Å². The molecule has 1 rings (SSSR count). The van der Waals surface area contributed by atoms with E-state index >= 15 is 0 Å². The second-order valence-electron chi connectivity index (χ2n) is 5.84. The van der Waals surface area contributed by atoms with Gasteiger partial charge < -0.3 is 9.84 Å². The minimum Gasteiger partial charge on any atom is -0.460 e. The third-order valence-corrected chi connectivity index (χ3v) is 3.33. The molecule has 0 aliphatic carbocycles. The van der Waals surface area contributed by atoms with Crippen LogP contribution in [0.2, 0.25) is 0 Å². The Hall–Kier alpha value is -1.94. The molecule has 0 fully saturated rings. The van der Waals surface area contributed by atoms with E-state index in [2.05, 4.69) is 0 Å². The Morgan fingerprint density at radius 3 is 2.45 bits per heavy atom. The van der Waals surface area contributed by atoms with Gasteiger partial charge in [0, 0.05) is 0 Å². The van der Waals surface area contributed by atoms with Crippen LogP contribution >= 0.6 is 0 Å². The average molecular weight is 304 g/mol. The van der Waals surface area contributed by atoms with E-state index in [-0.39, 0.29) is 6.61 Å². The molecule has 1 N–H and O–H groups in total. The van der Waals surface area contributed by atoms with Gasteiger partial charge in [0.05, 0.1) is 0 Å². The van der Waals surface area contributed by atoms with Crippen molar-refractivity contribution >= 4 is 11.8 Å². The predicted octanol–water partition coefficient (Wildman–Crippen LogP) is 3.19. The van der Waals surface area contributed by atoms with Gasteiger partial charge in [-0.25, -0.2) is 0 Å². The number of aliphatic hydroxyl groups is 1. The van der Waals surface area contributed by atoms with Crippen molar-refractivity contribution in [1.82, 2.24) is 0 Å². The minimum absolute atomic E-state index is 0.132. The summed E-state index contributed by atoms with van der Waals surface area (Å²) in [6.07, 6.45) is 2.44. The third-order valence-electron chi connectivity index (χ3n) is 3.33. The largest absolute Gasteiger partial charge is 0.460 e. The standard InChI is InChI=1S/C18H24O4/c1-14(2)8-7-11-18(3,21)16(19)12-17(20)22-13-15-9-5-4-6-10-15/h4-6,8-10,21H,7,11-13H2,1-3H3/t18-/m0/s1. The molecule has 120 valence electrons. The number of Topliss-reactive ketones (excluding diaryl/α,β-unsaturated/α-hetero) is 1. The van der Waals surface area contributed by atoms with Crippen LogP contribution < -0.4 is 0 Å². The molecule has 0 unspecified atom stereocenters. The molecule has 0 amide bonds. The zero-order valence-corrected chi connectivity index (χ0v) is 13.5. The molecule has 1 aromatic carbocycles. The van der Waals surface area contributed by atoms with E-state index in [4.69, 9.17) is 4.74 Å². The summed E-state index contributed by atoms with van der Waals surface area (Å²) < 4.78 is 5.05. The van der Waals surface area contributed by atoms with Gasteiger partial charge >= 0.3 is 5.97 Å². The summed E-state index contributed by atoms with van der Waals surface area (Å²) in [5.41, 5.74) is 0.488. The van der Waals surface area contributed by atoms with Gasteiger partial charge in [-0.05, 0) is 39.2 Å². The SMILES string of the molecule is CC(C)=CCC[C@](C)(O)C(=O)CC(=O)OCc1ccccc1. The van der Waals surface area contributed by atoms with Crippen LogP contribution in [0.1, 0.15) is 45.6 Å². The van der Waals surface area contributed by atoms with Gasteiger partial charge in [0.2, 0.25) is 0 Å². The molecule has 0 spiro atoms. The number of ketones is 1. The molecule has 0 heterocycles. The van der Waals surface area contributed by atoms with Gasteiger partial charge in [0.15, 0.2) is 5.78 Å². The van der Waals surface area contributed by atoms with Crippen molar-refractivity contribution in [3.63, 3.8) is 0 Å². The van der Waals surface area contributed by atoms with Gasteiger partial charge in [0.25, 0.3) is 0 Å². The highest BCUT2D eigenvalue weighted by Gasteiger charge is 2.31. The molecule has 4 heteroatoms. The number of carbonyl (C=O) groups is 2. The molecule has 0 bridgehead atoms. The lowest BCUT2D eigenvalue weighted by atomic mass is 9.92. The molecule has 4 nitrogen and oxygen atoms in total. The van der Waals surface area contributed by atoms with Crippen LogP contribution in [0.5, 0.6) is 0 Å². The molecular weight excluding hydrogens is 280 g/mol. The number of hydrogen-bond donors (Lipinski definition) is 1. The first-order valence-electron chi connectivity index (χ1n) is 7.40.